The van der Waals surface area contributed by atoms with Crippen molar-refractivity contribution in [3.05, 3.63) is 41.2 Å². The highest BCUT2D eigenvalue weighted by Crippen LogP contribution is 2.64. The number of fused-ring (bicyclic) bond motifs is 5. The molecule has 2 amide bonds. The molecule has 0 spiro atoms. The molecule has 4 heterocycles. The lowest BCUT2D eigenvalue weighted by atomic mass is 9.66. The maximum Gasteiger partial charge on any atom is 0.417 e. The standard InChI is InChI=1S/C22H20F3N5O4/c1-20-8-15(29-10-12(5-6-31)27-28-29)21(2,34-20)17-16(20)18(32)30(19(17)33)13-4-3-11(9-26)14(7-13)22(23,24)25/h3-4,7,10,15-17,31H,5-6,8H2,1-2H3/t15-,16-,17+,20-,21+/m1/s1. The van der Waals surface area contributed by atoms with Crippen molar-refractivity contribution in [1.82, 2.24) is 15.0 Å². The minimum absolute atomic E-state index is 0.105. The van der Waals surface area contributed by atoms with Gasteiger partial charge in [0.2, 0.25) is 11.8 Å². The number of alkyl halides is 3. The molecule has 0 radical (unpaired) electrons. The number of hydrogen-bond donors (Lipinski definition) is 1. The molecule has 178 valence electrons. The van der Waals surface area contributed by atoms with Crippen molar-refractivity contribution in [2.75, 3.05) is 11.5 Å². The molecule has 2 aromatic rings. The molecule has 5 atom stereocenters. The number of carbonyl (C=O) groups excluding carboxylic acids is 2. The number of amides is 2. The largest absolute Gasteiger partial charge is 0.417 e. The summed E-state index contributed by atoms with van der Waals surface area (Å²) < 4.78 is 48.3. The van der Waals surface area contributed by atoms with E-state index in [1.165, 1.54) is 12.1 Å². The summed E-state index contributed by atoms with van der Waals surface area (Å²) in [6.45, 7) is 3.32. The van der Waals surface area contributed by atoms with E-state index < -0.39 is 58.2 Å². The van der Waals surface area contributed by atoms with Crippen molar-refractivity contribution in [2.24, 2.45) is 11.8 Å². The van der Waals surface area contributed by atoms with E-state index in [0.717, 1.165) is 11.0 Å². The van der Waals surface area contributed by atoms with Gasteiger partial charge >= 0.3 is 6.18 Å². The minimum Gasteiger partial charge on any atom is -0.396 e. The van der Waals surface area contributed by atoms with Crippen molar-refractivity contribution in [3.63, 3.8) is 0 Å². The van der Waals surface area contributed by atoms with Gasteiger partial charge < -0.3 is 9.84 Å². The van der Waals surface area contributed by atoms with Crippen LogP contribution < -0.4 is 4.90 Å². The summed E-state index contributed by atoms with van der Waals surface area (Å²) in [7, 11) is 0. The zero-order valence-corrected chi connectivity index (χ0v) is 18.2. The van der Waals surface area contributed by atoms with Crippen LogP contribution in [0.15, 0.2) is 24.4 Å². The van der Waals surface area contributed by atoms with E-state index in [9.17, 15) is 22.8 Å². The third-order valence-electron chi connectivity index (χ3n) is 7.23. The van der Waals surface area contributed by atoms with Gasteiger partial charge in [0.25, 0.3) is 0 Å². The van der Waals surface area contributed by atoms with Crippen molar-refractivity contribution >= 4 is 17.5 Å². The number of hydrogen-bond acceptors (Lipinski definition) is 7. The lowest BCUT2D eigenvalue weighted by Crippen LogP contribution is -2.47. The highest BCUT2D eigenvalue weighted by Gasteiger charge is 2.76. The zero-order chi connectivity index (χ0) is 24.6. The third kappa shape index (κ3) is 2.93. The van der Waals surface area contributed by atoms with E-state index in [4.69, 9.17) is 15.1 Å². The molecule has 12 heteroatoms. The van der Waals surface area contributed by atoms with Crippen LogP contribution in [0.4, 0.5) is 18.9 Å². The molecule has 3 aliphatic rings. The fourth-order valence-electron chi connectivity index (χ4n) is 5.83. The Labute approximate surface area is 191 Å². The van der Waals surface area contributed by atoms with Crippen molar-refractivity contribution in [1.29, 1.82) is 5.26 Å². The maximum atomic E-state index is 13.5. The predicted octanol–water partition coefficient (Wildman–Crippen LogP) is 2.00. The van der Waals surface area contributed by atoms with Gasteiger partial charge in [0, 0.05) is 25.6 Å². The first-order chi connectivity index (χ1) is 15.9. The second-order valence-electron chi connectivity index (χ2n) is 9.29. The van der Waals surface area contributed by atoms with Crippen LogP contribution in [0.5, 0.6) is 0 Å². The van der Waals surface area contributed by atoms with Crippen LogP contribution in [0.25, 0.3) is 0 Å². The average Bonchev–Trinajstić information content (AvgIpc) is 3.46. The SMILES string of the molecule is C[C@]12O[C@](C)(C[C@H]1n1cc(CCO)nn1)[C@H]1C(=O)N(c3ccc(C#N)c(C(F)(F)F)c3)C(=O)[C@H]12. The normalized spacial score (nSPS) is 32.4. The number of aliphatic hydroxyl groups is 1. The number of anilines is 1. The Balaban J connectivity index is 1.54. The molecule has 3 aliphatic heterocycles. The number of imide groups is 1. The predicted molar refractivity (Wildman–Crippen MR) is 108 cm³/mol. The van der Waals surface area contributed by atoms with Crippen LogP contribution in [0.1, 0.15) is 43.1 Å². The zero-order valence-electron chi connectivity index (χ0n) is 18.2. The fraction of sp³-hybridized carbons (Fsp3) is 0.500. The van der Waals surface area contributed by atoms with Crippen LogP contribution in [-0.2, 0) is 26.9 Å². The first-order valence-corrected chi connectivity index (χ1v) is 10.7. The van der Waals surface area contributed by atoms with E-state index in [-0.39, 0.29) is 12.3 Å². The van der Waals surface area contributed by atoms with Crippen molar-refractivity contribution in [2.45, 2.75) is 50.1 Å². The topological polar surface area (TPSA) is 121 Å². The lowest BCUT2D eigenvalue weighted by molar-refractivity contribution is -0.138. The molecule has 0 unspecified atom stereocenters. The Bertz CT molecular complexity index is 1250. The van der Waals surface area contributed by atoms with Gasteiger partial charge in [0.05, 0.1) is 52.1 Å². The summed E-state index contributed by atoms with van der Waals surface area (Å²) >= 11 is 0. The Morgan fingerprint density at radius 1 is 1.26 bits per heavy atom. The molecule has 5 rings (SSSR count). The molecule has 9 nitrogen and oxygen atoms in total. The number of ether oxygens (including phenoxy) is 1. The summed E-state index contributed by atoms with van der Waals surface area (Å²) in [5.74, 6) is -3.08. The molecule has 2 bridgehead atoms. The van der Waals surface area contributed by atoms with Crippen LogP contribution in [0, 0.1) is 23.2 Å². The van der Waals surface area contributed by atoms with Crippen LogP contribution in [0.2, 0.25) is 0 Å². The van der Waals surface area contributed by atoms with Crippen molar-refractivity contribution < 1.29 is 32.6 Å². The number of aliphatic hydroxyl groups excluding tert-OH is 1. The average molecular weight is 475 g/mol. The molecule has 1 N–H and O–H groups in total. The van der Waals surface area contributed by atoms with Gasteiger partial charge in [-0.3, -0.25) is 9.59 Å². The number of nitriles is 1. The molecule has 34 heavy (non-hydrogen) atoms. The molecular formula is C22H20F3N5O4. The Morgan fingerprint density at radius 3 is 2.62 bits per heavy atom. The first-order valence-electron chi connectivity index (χ1n) is 10.7. The molecular weight excluding hydrogens is 455 g/mol. The van der Waals surface area contributed by atoms with Gasteiger partial charge in [-0.2, -0.15) is 18.4 Å². The first kappa shape index (κ1) is 22.5. The second-order valence-corrected chi connectivity index (χ2v) is 9.29. The number of halogens is 3. The highest BCUT2D eigenvalue weighted by atomic mass is 19.4. The van der Waals surface area contributed by atoms with Gasteiger partial charge in [-0.15, -0.1) is 5.10 Å². The van der Waals surface area contributed by atoms with E-state index in [1.807, 2.05) is 0 Å². The highest BCUT2D eigenvalue weighted by molar-refractivity contribution is 6.23. The third-order valence-corrected chi connectivity index (χ3v) is 7.23. The minimum atomic E-state index is -4.83. The molecule has 3 saturated heterocycles. The number of aromatic nitrogens is 3. The number of rotatable bonds is 4. The van der Waals surface area contributed by atoms with E-state index in [2.05, 4.69) is 10.3 Å². The Morgan fingerprint density at radius 2 is 1.97 bits per heavy atom. The molecule has 0 saturated carbocycles. The Hall–Kier alpha value is -3.30. The summed E-state index contributed by atoms with van der Waals surface area (Å²) in [6.07, 6.45) is -2.52. The summed E-state index contributed by atoms with van der Waals surface area (Å²) in [5.41, 5.74) is -3.66. The fourth-order valence-corrected chi connectivity index (χ4v) is 5.83. The van der Waals surface area contributed by atoms with Crippen LogP contribution in [-0.4, -0.2) is 49.7 Å². The van der Waals surface area contributed by atoms with Gasteiger partial charge in [-0.1, -0.05) is 5.21 Å². The lowest BCUT2D eigenvalue weighted by Gasteiger charge is -2.35. The van der Waals surface area contributed by atoms with Crippen LogP contribution in [0.3, 0.4) is 0 Å². The summed E-state index contributed by atoms with van der Waals surface area (Å²) in [6, 6.07) is 3.85. The maximum absolute atomic E-state index is 13.5. The molecule has 1 aromatic carbocycles. The quantitative estimate of drug-likeness (QED) is 0.672. The number of carbonyl (C=O) groups is 2. The van der Waals surface area contributed by atoms with Gasteiger partial charge in [0.1, 0.15) is 5.60 Å². The van der Waals surface area contributed by atoms with Crippen LogP contribution >= 0.6 is 0 Å². The summed E-state index contributed by atoms with van der Waals surface area (Å²) in [5, 5.41) is 26.3. The molecule has 0 aliphatic carbocycles. The van der Waals surface area contributed by atoms with Crippen molar-refractivity contribution in [3.8, 4) is 6.07 Å². The van der Waals surface area contributed by atoms with E-state index >= 15 is 0 Å². The van der Waals surface area contributed by atoms with Gasteiger partial charge in [-0.05, 0) is 32.0 Å². The van der Waals surface area contributed by atoms with Gasteiger partial charge in [0.15, 0.2) is 0 Å². The monoisotopic (exact) mass is 475 g/mol. The number of benzene rings is 1. The second kappa shape index (κ2) is 7.10. The smallest absolute Gasteiger partial charge is 0.396 e. The number of nitrogens with zero attached hydrogens (tertiary/aromatic N) is 5. The van der Waals surface area contributed by atoms with E-state index in [1.54, 1.807) is 24.7 Å². The van der Waals surface area contributed by atoms with Gasteiger partial charge in [-0.25, -0.2) is 9.58 Å². The molecule has 3 fully saturated rings. The van der Waals surface area contributed by atoms with E-state index in [0.29, 0.717) is 24.6 Å². The Kier molecular flexibility index (Phi) is 4.70. The molecule has 1 aromatic heterocycles. The summed E-state index contributed by atoms with van der Waals surface area (Å²) in [4.78, 5) is 27.7.